The lowest BCUT2D eigenvalue weighted by molar-refractivity contribution is -0.178. The van der Waals surface area contributed by atoms with E-state index in [4.69, 9.17) is 13.9 Å². The first kappa shape index (κ1) is 30.5. The first-order valence-corrected chi connectivity index (χ1v) is 17.6. The van der Waals surface area contributed by atoms with Crippen LogP contribution < -0.4 is 4.43 Å². The van der Waals surface area contributed by atoms with E-state index in [1.54, 1.807) is 0 Å². The Morgan fingerprint density at radius 2 is 1.45 bits per heavy atom. The molecule has 6 heteroatoms. The van der Waals surface area contributed by atoms with Crippen molar-refractivity contribution in [3.63, 3.8) is 0 Å². The predicted octanol–water partition coefficient (Wildman–Crippen LogP) is 7.72. The number of hydrogen-bond donors (Lipinski definition) is 1. The van der Waals surface area contributed by atoms with Crippen LogP contribution >= 0.6 is 0 Å². The van der Waals surface area contributed by atoms with E-state index in [0.717, 1.165) is 37.2 Å². The summed E-state index contributed by atoms with van der Waals surface area (Å²) in [4.78, 5) is 2.33. The first-order chi connectivity index (χ1) is 19.1. The van der Waals surface area contributed by atoms with E-state index < -0.39 is 14.4 Å². The highest BCUT2D eigenvalue weighted by Crippen LogP contribution is 2.37. The quantitative estimate of drug-likeness (QED) is 0.230. The van der Waals surface area contributed by atoms with Crippen molar-refractivity contribution in [2.24, 2.45) is 0 Å². The third kappa shape index (κ3) is 8.51. The monoisotopic (exact) mass is 561 g/mol. The van der Waals surface area contributed by atoms with E-state index in [9.17, 15) is 5.11 Å². The fourth-order valence-electron chi connectivity index (χ4n) is 4.77. The molecule has 0 saturated carbocycles. The molecule has 1 fully saturated rings. The third-order valence-electron chi connectivity index (χ3n) is 8.28. The van der Waals surface area contributed by atoms with Crippen LogP contribution in [0.2, 0.25) is 18.1 Å². The molecule has 1 saturated heterocycles. The van der Waals surface area contributed by atoms with Crippen LogP contribution in [-0.4, -0.2) is 43.9 Å². The minimum absolute atomic E-state index is 0.115. The summed E-state index contributed by atoms with van der Waals surface area (Å²) >= 11 is 0. The van der Waals surface area contributed by atoms with E-state index in [2.05, 4.69) is 87.3 Å². The number of nitrogens with zero attached hydrogens (tertiary/aromatic N) is 1. The molecule has 216 valence electrons. The molecular weight excluding hydrogens is 514 g/mol. The predicted molar refractivity (Wildman–Crippen MR) is 165 cm³/mol. The zero-order chi connectivity index (χ0) is 28.6. The Morgan fingerprint density at radius 1 is 0.875 bits per heavy atom. The van der Waals surface area contributed by atoms with Crippen molar-refractivity contribution in [2.75, 3.05) is 13.2 Å². The molecule has 1 N–H and O–H groups in total. The molecule has 0 amide bonds. The van der Waals surface area contributed by atoms with Crippen LogP contribution in [0, 0.1) is 0 Å². The lowest BCUT2D eigenvalue weighted by Crippen LogP contribution is -2.44. The molecule has 0 aliphatic carbocycles. The minimum atomic E-state index is -1.95. The standard InChI is InChI=1S/C34H47NO4Si/c1-34(2,3)40(4,5)39-30-21-19-29(20-22-30)33(36)31(26-38-32-18-12-13-23-37-32)35(24-27-14-8-6-9-15-27)25-28-16-10-7-11-17-28/h6-11,14-17,19-22,31-33,36H,12-13,18,23-26H2,1-5H3/t31-,32?,33+/m0/s1. The maximum absolute atomic E-state index is 11.9. The summed E-state index contributed by atoms with van der Waals surface area (Å²) < 4.78 is 18.7. The van der Waals surface area contributed by atoms with Gasteiger partial charge >= 0.3 is 0 Å². The maximum Gasteiger partial charge on any atom is 0.250 e. The Morgan fingerprint density at radius 3 is 1.95 bits per heavy atom. The highest BCUT2D eigenvalue weighted by molar-refractivity contribution is 6.74. The van der Waals surface area contributed by atoms with Gasteiger partial charge in [-0.1, -0.05) is 93.6 Å². The fourth-order valence-corrected chi connectivity index (χ4v) is 5.81. The number of aliphatic hydroxyl groups is 1. The molecule has 3 aromatic rings. The first-order valence-electron chi connectivity index (χ1n) is 14.6. The molecular formula is C34H47NO4Si. The smallest absolute Gasteiger partial charge is 0.250 e. The fraction of sp³-hybridized carbons (Fsp3) is 0.471. The van der Waals surface area contributed by atoms with Gasteiger partial charge in [0.25, 0.3) is 0 Å². The Bertz CT molecular complexity index is 1100. The second-order valence-corrected chi connectivity index (χ2v) is 17.2. The normalized spacial score (nSPS) is 17.9. The summed E-state index contributed by atoms with van der Waals surface area (Å²) in [5, 5.41) is 12.0. The Balaban J connectivity index is 1.60. The summed E-state index contributed by atoms with van der Waals surface area (Å²) in [5.74, 6) is 0.858. The van der Waals surface area contributed by atoms with Crippen molar-refractivity contribution >= 4 is 8.32 Å². The van der Waals surface area contributed by atoms with E-state index >= 15 is 0 Å². The van der Waals surface area contributed by atoms with Gasteiger partial charge in [-0.25, -0.2) is 0 Å². The van der Waals surface area contributed by atoms with Crippen LogP contribution in [0.3, 0.4) is 0 Å². The van der Waals surface area contributed by atoms with E-state index in [-0.39, 0.29) is 17.4 Å². The van der Waals surface area contributed by atoms with Gasteiger partial charge in [0.1, 0.15) is 5.75 Å². The molecule has 1 heterocycles. The second kappa shape index (κ2) is 13.9. The molecule has 5 nitrogen and oxygen atoms in total. The van der Waals surface area contributed by atoms with E-state index in [1.165, 1.54) is 11.1 Å². The summed E-state index contributed by atoms with van der Waals surface area (Å²) in [6.07, 6.45) is 2.09. The lowest BCUT2D eigenvalue weighted by Gasteiger charge is -2.37. The Hall–Kier alpha value is -2.48. The zero-order valence-electron chi connectivity index (χ0n) is 24.9. The molecule has 0 aromatic heterocycles. The molecule has 3 atom stereocenters. The van der Waals surface area contributed by atoms with Gasteiger partial charge in [-0.05, 0) is 66.2 Å². The maximum atomic E-state index is 11.9. The third-order valence-corrected chi connectivity index (χ3v) is 12.6. The van der Waals surface area contributed by atoms with Gasteiger partial charge in [0.05, 0.1) is 18.8 Å². The number of hydrogen-bond acceptors (Lipinski definition) is 5. The van der Waals surface area contributed by atoms with Gasteiger partial charge < -0.3 is 19.0 Å². The molecule has 0 spiro atoms. The molecule has 0 radical (unpaired) electrons. The number of benzene rings is 3. The van der Waals surface area contributed by atoms with Crippen molar-refractivity contribution in [3.05, 3.63) is 102 Å². The molecule has 4 rings (SSSR count). The second-order valence-electron chi connectivity index (χ2n) is 12.4. The largest absolute Gasteiger partial charge is 0.544 e. The molecule has 1 unspecified atom stereocenters. The average molecular weight is 562 g/mol. The highest BCUT2D eigenvalue weighted by atomic mass is 28.4. The lowest BCUT2D eigenvalue weighted by atomic mass is 9.99. The SMILES string of the molecule is CC(C)(C)[Si](C)(C)Oc1ccc([C@@H](O)[C@H](COC2CCCCO2)N(Cc2ccccc2)Cc2ccccc2)cc1. The Kier molecular flexibility index (Phi) is 10.6. The van der Waals surface area contributed by atoms with Crippen molar-refractivity contribution in [1.29, 1.82) is 0 Å². The van der Waals surface area contributed by atoms with Crippen LogP contribution in [0.15, 0.2) is 84.9 Å². The van der Waals surface area contributed by atoms with Crippen LogP contribution in [0.4, 0.5) is 0 Å². The van der Waals surface area contributed by atoms with Crippen molar-refractivity contribution in [2.45, 2.75) is 89.7 Å². The minimum Gasteiger partial charge on any atom is -0.544 e. The number of ether oxygens (including phenoxy) is 2. The molecule has 1 aliphatic heterocycles. The van der Waals surface area contributed by atoms with Gasteiger partial charge in [-0.3, -0.25) is 4.90 Å². The Labute approximate surface area is 242 Å². The molecule has 3 aromatic carbocycles. The van der Waals surface area contributed by atoms with Gasteiger partial charge in [-0.2, -0.15) is 0 Å². The van der Waals surface area contributed by atoms with Crippen LogP contribution in [0.5, 0.6) is 5.75 Å². The van der Waals surface area contributed by atoms with Gasteiger partial charge in [0, 0.05) is 19.7 Å². The molecule has 40 heavy (non-hydrogen) atoms. The van der Waals surface area contributed by atoms with Crippen molar-refractivity contribution in [1.82, 2.24) is 4.90 Å². The van der Waals surface area contributed by atoms with E-state index in [1.807, 2.05) is 36.4 Å². The molecule has 0 bridgehead atoms. The summed E-state index contributed by atoms with van der Waals surface area (Å²) in [6.45, 7) is 13.7. The topological polar surface area (TPSA) is 51.2 Å². The van der Waals surface area contributed by atoms with Crippen molar-refractivity contribution in [3.8, 4) is 5.75 Å². The van der Waals surface area contributed by atoms with Gasteiger partial charge in [0.15, 0.2) is 6.29 Å². The molecule has 1 aliphatic rings. The van der Waals surface area contributed by atoms with E-state index in [0.29, 0.717) is 19.7 Å². The van der Waals surface area contributed by atoms with Crippen LogP contribution in [-0.2, 0) is 22.6 Å². The van der Waals surface area contributed by atoms with Crippen LogP contribution in [0.1, 0.15) is 62.8 Å². The number of rotatable bonds is 12. The van der Waals surface area contributed by atoms with Gasteiger partial charge in [0.2, 0.25) is 8.32 Å². The summed E-state index contributed by atoms with van der Waals surface area (Å²) in [6, 6.07) is 28.6. The zero-order valence-corrected chi connectivity index (χ0v) is 25.9. The summed E-state index contributed by atoms with van der Waals surface area (Å²) in [5.41, 5.74) is 3.25. The number of aliphatic hydroxyl groups excluding tert-OH is 1. The van der Waals surface area contributed by atoms with Gasteiger partial charge in [-0.15, -0.1) is 0 Å². The average Bonchev–Trinajstić information content (AvgIpc) is 2.94. The highest BCUT2D eigenvalue weighted by Gasteiger charge is 2.39. The van der Waals surface area contributed by atoms with Crippen LogP contribution in [0.25, 0.3) is 0 Å². The van der Waals surface area contributed by atoms with Crippen molar-refractivity contribution < 1.29 is 19.0 Å². The summed E-state index contributed by atoms with van der Waals surface area (Å²) in [7, 11) is -1.95.